The first-order valence-electron chi connectivity index (χ1n) is 12.9. The molecular formula is C28H35FN4O5. The first-order chi connectivity index (χ1) is 18.2. The molecule has 2 heterocycles. The molecular weight excluding hydrogens is 491 g/mol. The number of likely N-dealkylation sites (N-methyl/N-ethyl adjacent to an activating group) is 1. The van der Waals surface area contributed by atoms with Crippen LogP contribution in [0.5, 0.6) is 5.75 Å². The normalized spacial score (nSPS) is 21.0. The van der Waals surface area contributed by atoms with Gasteiger partial charge in [0.25, 0.3) is 11.8 Å². The number of nitrogens with one attached hydrogen (secondary N) is 2. The molecule has 0 unspecified atom stereocenters. The van der Waals surface area contributed by atoms with Gasteiger partial charge < -0.3 is 29.9 Å². The molecule has 2 N–H and O–H groups in total. The highest BCUT2D eigenvalue weighted by molar-refractivity contribution is 6.05. The third-order valence-electron chi connectivity index (χ3n) is 6.87. The molecule has 0 spiro atoms. The minimum absolute atomic E-state index is 0.0402. The summed E-state index contributed by atoms with van der Waals surface area (Å²) in [7, 11) is 5.73. The summed E-state index contributed by atoms with van der Waals surface area (Å²) in [5, 5.41) is 5.66. The second-order valence-corrected chi connectivity index (χ2v) is 10.1. The van der Waals surface area contributed by atoms with E-state index < -0.39 is 11.7 Å². The highest BCUT2D eigenvalue weighted by Gasteiger charge is 2.39. The second kappa shape index (κ2) is 12.4. The molecule has 0 saturated carbocycles. The largest absolute Gasteiger partial charge is 0.490 e. The van der Waals surface area contributed by atoms with E-state index in [9.17, 15) is 18.8 Å². The van der Waals surface area contributed by atoms with Crippen LogP contribution in [-0.4, -0.2) is 86.6 Å². The fourth-order valence-electron chi connectivity index (χ4n) is 4.84. The predicted octanol–water partition coefficient (Wildman–Crippen LogP) is 2.92. The summed E-state index contributed by atoms with van der Waals surface area (Å²) in [6.07, 6.45) is 1.88. The summed E-state index contributed by atoms with van der Waals surface area (Å²) in [6.45, 7) is 1.76. The van der Waals surface area contributed by atoms with Crippen molar-refractivity contribution in [2.75, 3.05) is 46.2 Å². The zero-order valence-electron chi connectivity index (χ0n) is 22.0. The van der Waals surface area contributed by atoms with Crippen molar-refractivity contribution >= 4 is 23.4 Å². The van der Waals surface area contributed by atoms with E-state index in [-0.39, 0.29) is 48.7 Å². The summed E-state index contributed by atoms with van der Waals surface area (Å²) < 4.78 is 25.7. The number of fused-ring (bicyclic) bond motifs is 2. The molecule has 2 aromatic rings. The van der Waals surface area contributed by atoms with Crippen LogP contribution in [0, 0.1) is 5.82 Å². The molecule has 0 aliphatic carbocycles. The Bertz CT molecular complexity index is 1170. The third kappa shape index (κ3) is 6.87. The lowest BCUT2D eigenvalue weighted by atomic mass is 9.94. The summed E-state index contributed by atoms with van der Waals surface area (Å²) in [6, 6.07) is 10.0. The lowest BCUT2D eigenvalue weighted by molar-refractivity contribution is -0.134. The standard InChI is InChI=1S/C28H35FN4O5/c1-32(2)13-5-12-30-26(34)16-21-9-10-23-25(38-21)17-37-24-11-8-20(15-22(24)28(36)33(23)3)31-27(35)18-6-4-7-19(29)14-18/h4,6-8,11,14-15,21,23,25H,5,9-10,12-13,16-17H2,1-3H3,(H,30,34)(H,31,35)/t21-,23-,25+/m0/s1. The number of benzene rings is 2. The molecule has 1 saturated heterocycles. The summed E-state index contributed by atoms with van der Waals surface area (Å²) >= 11 is 0. The molecule has 2 aliphatic heterocycles. The van der Waals surface area contributed by atoms with Crippen molar-refractivity contribution in [3.8, 4) is 5.75 Å². The molecule has 9 nitrogen and oxygen atoms in total. The molecule has 2 aromatic carbocycles. The van der Waals surface area contributed by atoms with Crippen LogP contribution in [0.15, 0.2) is 42.5 Å². The molecule has 10 heteroatoms. The average molecular weight is 527 g/mol. The molecule has 3 atom stereocenters. The molecule has 2 aliphatic rings. The van der Waals surface area contributed by atoms with E-state index in [0.29, 0.717) is 36.4 Å². The minimum Gasteiger partial charge on any atom is -0.490 e. The lowest BCUT2D eigenvalue weighted by Gasteiger charge is -2.42. The number of carbonyl (C=O) groups excluding carboxylic acids is 3. The van der Waals surface area contributed by atoms with Crippen LogP contribution in [0.2, 0.25) is 0 Å². The van der Waals surface area contributed by atoms with Crippen LogP contribution < -0.4 is 15.4 Å². The van der Waals surface area contributed by atoms with E-state index in [1.165, 1.54) is 18.2 Å². The number of rotatable bonds is 8. The highest BCUT2D eigenvalue weighted by Crippen LogP contribution is 2.32. The summed E-state index contributed by atoms with van der Waals surface area (Å²) in [4.78, 5) is 42.1. The maximum atomic E-state index is 13.5. The first kappa shape index (κ1) is 27.5. The Morgan fingerprint density at radius 3 is 2.74 bits per heavy atom. The Labute approximate surface area is 222 Å². The third-order valence-corrected chi connectivity index (χ3v) is 6.87. The van der Waals surface area contributed by atoms with E-state index >= 15 is 0 Å². The van der Waals surface area contributed by atoms with Crippen molar-refractivity contribution in [1.82, 2.24) is 15.1 Å². The van der Waals surface area contributed by atoms with Gasteiger partial charge in [0.15, 0.2) is 0 Å². The molecule has 0 bridgehead atoms. The van der Waals surface area contributed by atoms with Gasteiger partial charge in [0.1, 0.15) is 24.3 Å². The summed E-state index contributed by atoms with van der Waals surface area (Å²) in [5.41, 5.74) is 0.898. The lowest BCUT2D eigenvalue weighted by Crippen LogP contribution is -2.54. The zero-order valence-corrected chi connectivity index (χ0v) is 22.0. The fourth-order valence-corrected chi connectivity index (χ4v) is 4.84. The predicted molar refractivity (Wildman–Crippen MR) is 141 cm³/mol. The molecule has 4 rings (SSSR count). The fraction of sp³-hybridized carbons (Fsp3) is 0.464. The van der Waals surface area contributed by atoms with Crippen molar-refractivity contribution in [3.63, 3.8) is 0 Å². The van der Waals surface area contributed by atoms with Crippen LogP contribution in [0.1, 0.15) is 46.4 Å². The van der Waals surface area contributed by atoms with Crippen LogP contribution in [0.25, 0.3) is 0 Å². The van der Waals surface area contributed by atoms with E-state index in [0.717, 1.165) is 19.0 Å². The number of hydrogen-bond acceptors (Lipinski definition) is 6. The maximum absolute atomic E-state index is 13.5. The Kier molecular flexibility index (Phi) is 8.96. The van der Waals surface area contributed by atoms with E-state index in [1.54, 1.807) is 30.1 Å². The molecule has 38 heavy (non-hydrogen) atoms. The number of ether oxygens (including phenoxy) is 2. The Morgan fingerprint density at radius 2 is 1.97 bits per heavy atom. The Morgan fingerprint density at radius 1 is 1.16 bits per heavy atom. The zero-order chi connectivity index (χ0) is 27.2. The number of anilines is 1. The van der Waals surface area contributed by atoms with Crippen molar-refractivity contribution in [1.29, 1.82) is 0 Å². The topological polar surface area (TPSA) is 100 Å². The van der Waals surface area contributed by atoms with Crippen LogP contribution in [-0.2, 0) is 9.53 Å². The number of hydrogen-bond donors (Lipinski definition) is 2. The molecule has 3 amide bonds. The van der Waals surface area contributed by atoms with Gasteiger partial charge in [-0.15, -0.1) is 0 Å². The smallest absolute Gasteiger partial charge is 0.257 e. The van der Waals surface area contributed by atoms with Gasteiger partial charge in [-0.05, 0) is 76.3 Å². The number of amides is 3. The number of halogens is 1. The van der Waals surface area contributed by atoms with Crippen LogP contribution in [0.4, 0.5) is 10.1 Å². The molecule has 1 fully saturated rings. The number of nitrogens with zero attached hydrogens (tertiary/aromatic N) is 2. The van der Waals surface area contributed by atoms with E-state index in [1.807, 2.05) is 14.1 Å². The first-order valence-corrected chi connectivity index (χ1v) is 12.9. The van der Waals surface area contributed by atoms with E-state index in [4.69, 9.17) is 9.47 Å². The van der Waals surface area contributed by atoms with Gasteiger partial charge in [-0.2, -0.15) is 0 Å². The SMILES string of the molecule is CN(C)CCCNC(=O)C[C@@H]1CC[C@H]2[C@@H](COc3ccc(NC(=O)c4cccc(F)c4)cc3C(=O)N2C)O1. The quantitative estimate of drug-likeness (QED) is 0.513. The molecule has 204 valence electrons. The van der Waals surface area contributed by atoms with Crippen molar-refractivity contribution < 1.29 is 28.2 Å². The Hall–Kier alpha value is -3.50. The van der Waals surface area contributed by atoms with Crippen molar-refractivity contribution in [3.05, 3.63) is 59.4 Å². The van der Waals surface area contributed by atoms with Gasteiger partial charge in [-0.25, -0.2) is 4.39 Å². The average Bonchev–Trinajstić information content (AvgIpc) is 2.89. The monoisotopic (exact) mass is 526 g/mol. The van der Waals surface area contributed by atoms with Gasteiger partial charge in [-0.1, -0.05) is 6.07 Å². The minimum atomic E-state index is -0.506. The van der Waals surface area contributed by atoms with Crippen LogP contribution in [0.3, 0.4) is 0 Å². The van der Waals surface area contributed by atoms with Crippen molar-refractivity contribution in [2.45, 2.75) is 43.9 Å². The number of carbonyl (C=O) groups is 3. The van der Waals surface area contributed by atoms with Gasteiger partial charge in [-0.3, -0.25) is 14.4 Å². The van der Waals surface area contributed by atoms with Gasteiger partial charge in [0.05, 0.1) is 24.1 Å². The van der Waals surface area contributed by atoms with Gasteiger partial charge in [0, 0.05) is 24.8 Å². The maximum Gasteiger partial charge on any atom is 0.257 e. The summed E-state index contributed by atoms with van der Waals surface area (Å²) in [5.74, 6) is -0.897. The van der Waals surface area contributed by atoms with Gasteiger partial charge in [0.2, 0.25) is 5.91 Å². The molecule has 0 aromatic heterocycles. The van der Waals surface area contributed by atoms with E-state index in [2.05, 4.69) is 15.5 Å². The Balaban J connectivity index is 1.39. The molecule has 0 radical (unpaired) electrons. The van der Waals surface area contributed by atoms with Gasteiger partial charge >= 0.3 is 0 Å². The van der Waals surface area contributed by atoms with Crippen molar-refractivity contribution in [2.24, 2.45) is 0 Å². The van der Waals surface area contributed by atoms with Crippen LogP contribution >= 0.6 is 0 Å². The second-order valence-electron chi connectivity index (χ2n) is 10.1. The highest BCUT2D eigenvalue weighted by atomic mass is 19.1.